The van der Waals surface area contributed by atoms with Gasteiger partial charge in [0.05, 0.1) is 0 Å². The van der Waals surface area contributed by atoms with E-state index in [2.05, 4.69) is 19.1 Å². The molecule has 0 heterocycles. The Morgan fingerprint density at radius 2 is 2.33 bits per heavy atom. The lowest BCUT2D eigenvalue weighted by Crippen LogP contribution is -1.67. The molecule has 36 valence electrons. The molecule has 0 aromatic heterocycles. The molecule has 0 aromatic carbocycles. The standard InChI is InChI=1S/C5H10S/c1-2-3-4-5-6/h5H,2-4H2,1H3. The zero-order chi connectivity index (χ0) is 4.83. The SMILES string of the molecule is CCCCC=S. The van der Waals surface area contributed by atoms with Crippen molar-refractivity contribution in [2.45, 2.75) is 26.2 Å². The van der Waals surface area contributed by atoms with Crippen LogP contribution in [0.4, 0.5) is 0 Å². The molecule has 6 heavy (non-hydrogen) atoms. The first-order valence-electron chi connectivity index (χ1n) is 2.35. The molecule has 0 aromatic rings. The van der Waals surface area contributed by atoms with E-state index in [1.807, 2.05) is 0 Å². The van der Waals surface area contributed by atoms with Crippen molar-refractivity contribution in [3.63, 3.8) is 0 Å². The molecule has 0 unspecified atom stereocenters. The van der Waals surface area contributed by atoms with E-state index in [0.29, 0.717) is 0 Å². The van der Waals surface area contributed by atoms with Crippen molar-refractivity contribution in [1.29, 1.82) is 0 Å². The fraction of sp³-hybridized carbons (Fsp3) is 0.800. The molecule has 0 bridgehead atoms. The minimum absolute atomic E-state index is 1.10. The van der Waals surface area contributed by atoms with Gasteiger partial charge in [-0.25, -0.2) is 0 Å². The van der Waals surface area contributed by atoms with Gasteiger partial charge in [0.15, 0.2) is 0 Å². The number of rotatable bonds is 3. The van der Waals surface area contributed by atoms with E-state index in [0.717, 1.165) is 6.42 Å². The summed E-state index contributed by atoms with van der Waals surface area (Å²) in [6.45, 7) is 2.17. The molecule has 0 saturated heterocycles. The van der Waals surface area contributed by atoms with E-state index in [1.54, 1.807) is 5.37 Å². The summed E-state index contributed by atoms with van der Waals surface area (Å²) in [6, 6.07) is 0. The zero-order valence-corrected chi connectivity index (χ0v) is 4.92. The normalized spacial score (nSPS) is 8.17. The summed E-state index contributed by atoms with van der Waals surface area (Å²) in [5.41, 5.74) is 0. The summed E-state index contributed by atoms with van der Waals surface area (Å²) in [7, 11) is 0. The van der Waals surface area contributed by atoms with Crippen LogP contribution in [0.5, 0.6) is 0 Å². The van der Waals surface area contributed by atoms with Crippen LogP contribution >= 0.6 is 12.2 Å². The van der Waals surface area contributed by atoms with Crippen molar-refractivity contribution in [3.05, 3.63) is 0 Å². The Labute approximate surface area is 44.6 Å². The van der Waals surface area contributed by atoms with Gasteiger partial charge in [0.1, 0.15) is 0 Å². The average molecular weight is 102 g/mol. The number of hydrogen-bond acceptors (Lipinski definition) is 1. The van der Waals surface area contributed by atoms with Crippen LogP contribution in [0, 0.1) is 0 Å². The highest BCUT2D eigenvalue weighted by molar-refractivity contribution is 7.78. The van der Waals surface area contributed by atoms with Crippen molar-refractivity contribution < 1.29 is 0 Å². The maximum Gasteiger partial charge on any atom is -0.0210 e. The van der Waals surface area contributed by atoms with E-state index in [-0.39, 0.29) is 0 Å². The lowest BCUT2D eigenvalue weighted by Gasteiger charge is -1.80. The van der Waals surface area contributed by atoms with Gasteiger partial charge in [-0.1, -0.05) is 25.6 Å². The van der Waals surface area contributed by atoms with Crippen molar-refractivity contribution in [1.82, 2.24) is 0 Å². The fourth-order valence-electron chi connectivity index (χ4n) is 0.287. The van der Waals surface area contributed by atoms with Crippen LogP contribution in [-0.4, -0.2) is 5.37 Å². The third-order valence-corrected chi connectivity index (χ3v) is 0.911. The molecule has 0 rings (SSSR count). The Hall–Kier alpha value is 0.0900. The predicted octanol–water partition coefficient (Wildman–Crippen LogP) is 2.18. The average Bonchev–Trinajstić information content (AvgIpc) is 1.61. The van der Waals surface area contributed by atoms with Crippen molar-refractivity contribution in [3.8, 4) is 0 Å². The Morgan fingerprint density at radius 1 is 1.67 bits per heavy atom. The lowest BCUT2D eigenvalue weighted by atomic mass is 10.3. The van der Waals surface area contributed by atoms with Crippen LogP contribution in [0.15, 0.2) is 0 Å². The number of unbranched alkanes of at least 4 members (excludes halogenated alkanes) is 2. The summed E-state index contributed by atoms with van der Waals surface area (Å²) in [6.07, 6.45) is 3.61. The van der Waals surface area contributed by atoms with Gasteiger partial charge in [0, 0.05) is 0 Å². The second-order valence-electron chi connectivity index (χ2n) is 1.31. The molecule has 0 saturated carbocycles. The molecule has 0 nitrogen and oxygen atoms in total. The molecular weight excluding hydrogens is 92.1 g/mol. The van der Waals surface area contributed by atoms with Crippen LogP contribution in [0.2, 0.25) is 0 Å². The van der Waals surface area contributed by atoms with Gasteiger partial charge in [-0.3, -0.25) is 0 Å². The topological polar surface area (TPSA) is 0 Å². The van der Waals surface area contributed by atoms with Crippen molar-refractivity contribution in [2.24, 2.45) is 0 Å². The Balaban J connectivity index is 2.49. The van der Waals surface area contributed by atoms with Gasteiger partial charge in [-0.2, -0.15) is 0 Å². The highest BCUT2D eigenvalue weighted by Crippen LogP contribution is 1.88. The number of thiocarbonyl (C=S) groups is 1. The highest BCUT2D eigenvalue weighted by atomic mass is 32.1. The summed E-state index contributed by atoms with van der Waals surface area (Å²) in [5.74, 6) is 0. The van der Waals surface area contributed by atoms with Crippen LogP contribution in [0.3, 0.4) is 0 Å². The molecule has 0 aliphatic heterocycles. The quantitative estimate of drug-likeness (QED) is 0.389. The molecule has 0 N–H and O–H groups in total. The third-order valence-electron chi connectivity index (χ3n) is 0.676. The van der Waals surface area contributed by atoms with E-state index >= 15 is 0 Å². The molecule has 0 amide bonds. The van der Waals surface area contributed by atoms with Crippen molar-refractivity contribution >= 4 is 17.6 Å². The van der Waals surface area contributed by atoms with Gasteiger partial charge in [0.2, 0.25) is 0 Å². The summed E-state index contributed by atoms with van der Waals surface area (Å²) >= 11 is 4.59. The molecule has 1 heteroatoms. The fourth-order valence-corrected chi connectivity index (χ4v) is 0.454. The first kappa shape index (κ1) is 6.09. The molecule has 0 aliphatic rings. The highest BCUT2D eigenvalue weighted by Gasteiger charge is 1.72. The van der Waals surface area contributed by atoms with Gasteiger partial charge in [-0.05, 0) is 18.2 Å². The summed E-state index contributed by atoms with van der Waals surface area (Å²) in [4.78, 5) is 0. The zero-order valence-electron chi connectivity index (χ0n) is 4.11. The second-order valence-corrected chi connectivity index (χ2v) is 1.64. The van der Waals surface area contributed by atoms with E-state index in [9.17, 15) is 0 Å². The molecule has 0 fully saturated rings. The number of hydrogen-bond donors (Lipinski definition) is 0. The molecule has 0 radical (unpaired) electrons. The monoisotopic (exact) mass is 102 g/mol. The minimum Gasteiger partial charge on any atom is -0.0935 e. The Bertz CT molecular complexity index is 32.9. The predicted molar refractivity (Wildman–Crippen MR) is 33.2 cm³/mol. The first-order chi connectivity index (χ1) is 2.91. The van der Waals surface area contributed by atoms with Crippen LogP contribution in [0.1, 0.15) is 26.2 Å². The van der Waals surface area contributed by atoms with E-state index in [4.69, 9.17) is 0 Å². The molecule has 0 spiro atoms. The summed E-state index contributed by atoms with van der Waals surface area (Å²) < 4.78 is 0. The lowest BCUT2D eigenvalue weighted by molar-refractivity contribution is 0.847. The van der Waals surface area contributed by atoms with E-state index < -0.39 is 0 Å². The maximum absolute atomic E-state index is 4.59. The molecule has 0 atom stereocenters. The first-order valence-corrected chi connectivity index (χ1v) is 2.82. The molecule has 0 aliphatic carbocycles. The Morgan fingerprint density at radius 3 is 2.50 bits per heavy atom. The smallest absolute Gasteiger partial charge is 0.0210 e. The van der Waals surface area contributed by atoms with Crippen LogP contribution in [0.25, 0.3) is 0 Å². The van der Waals surface area contributed by atoms with Gasteiger partial charge in [0.25, 0.3) is 0 Å². The summed E-state index contributed by atoms with van der Waals surface area (Å²) in [5, 5.41) is 1.80. The van der Waals surface area contributed by atoms with Gasteiger partial charge >= 0.3 is 0 Å². The molecular formula is C5H10S. The minimum atomic E-state index is 1.10. The maximum atomic E-state index is 4.59. The van der Waals surface area contributed by atoms with Crippen LogP contribution in [-0.2, 0) is 0 Å². The van der Waals surface area contributed by atoms with Crippen LogP contribution < -0.4 is 0 Å². The Kier molecular flexibility index (Phi) is 5.17. The van der Waals surface area contributed by atoms with Gasteiger partial charge in [-0.15, -0.1) is 0 Å². The third kappa shape index (κ3) is 4.09. The van der Waals surface area contributed by atoms with Gasteiger partial charge < -0.3 is 0 Å². The largest absolute Gasteiger partial charge is 0.0935 e. The van der Waals surface area contributed by atoms with Crippen molar-refractivity contribution in [2.75, 3.05) is 0 Å². The van der Waals surface area contributed by atoms with E-state index in [1.165, 1.54) is 12.8 Å². The second kappa shape index (κ2) is 5.09.